The normalized spacial score (nSPS) is 12.8. The molecule has 0 saturated heterocycles. The fourth-order valence-electron chi connectivity index (χ4n) is 3.16. The van der Waals surface area contributed by atoms with Crippen molar-refractivity contribution in [3.63, 3.8) is 0 Å². The van der Waals surface area contributed by atoms with Crippen molar-refractivity contribution in [3.8, 4) is 0 Å². The van der Waals surface area contributed by atoms with Gasteiger partial charge in [-0.15, -0.1) is 0 Å². The van der Waals surface area contributed by atoms with Gasteiger partial charge in [0.15, 0.2) is 0 Å². The van der Waals surface area contributed by atoms with Crippen LogP contribution < -0.4 is 21.3 Å². The summed E-state index contributed by atoms with van der Waals surface area (Å²) in [5, 5.41) is 32.7. The van der Waals surface area contributed by atoms with Gasteiger partial charge in [0.05, 0.1) is 15.9 Å². The van der Waals surface area contributed by atoms with Crippen LogP contribution in [0.2, 0.25) is 0 Å². The Bertz CT molecular complexity index is 997. The highest BCUT2D eigenvalue weighted by Crippen LogP contribution is 2.09. The van der Waals surface area contributed by atoms with Crippen molar-refractivity contribution in [1.82, 2.24) is 21.3 Å². The van der Waals surface area contributed by atoms with Gasteiger partial charge in [-0.3, -0.25) is 25.0 Å². The summed E-state index contributed by atoms with van der Waals surface area (Å²) < 4.78 is 10.5. The van der Waals surface area contributed by atoms with Gasteiger partial charge >= 0.3 is 12.2 Å². The first-order valence-corrected chi connectivity index (χ1v) is 13.7. The minimum atomic E-state index is -0.820. The number of hydrogen-bond donors (Lipinski definition) is 4. The van der Waals surface area contributed by atoms with Gasteiger partial charge in [0.1, 0.15) is 17.2 Å². The van der Waals surface area contributed by atoms with E-state index in [1.807, 2.05) is 0 Å². The Balaban J connectivity index is 4.59. The van der Waals surface area contributed by atoms with E-state index < -0.39 is 50.7 Å². The largest absolute Gasteiger partial charge is 0.444 e. The number of nitrogens with one attached hydrogen (secondary N) is 4. The molecule has 0 aromatic heterocycles. The van der Waals surface area contributed by atoms with E-state index in [0.29, 0.717) is 58.3 Å². The topological polar surface area (TPSA) is 204 Å². The number of rotatable bonds is 18. The lowest BCUT2D eigenvalue weighted by Crippen LogP contribution is -2.48. The minimum absolute atomic E-state index is 0.299. The van der Waals surface area contributed by atoms with E-state index >= 15 is 0 Å². The summed E-state index contributed by atoms with van der Waals surface area (Å²) in [7, 11) is 0. The first-order chi connectivity index (χ1) is 19.4. The van der Waals surface area contributed by atoms with E-state index in [2.05, 4.69) is 27.8 Å². The molecule has 0 aliphatic rings. The van der Waals surface area contributed by atoms with Gasteiger partial charge in [-0.2, -0.15) is 0 Å². The summed E-state index contributed by atoms with van der Waals surface area (Å²) in [6.45, 7) is 15.2. The molecule has 42 heavy (non-hydrogen) atoms. The molecular formula is C27H46N6O9. The van der Waals surface area contributed by atoms with Gasteiger partial charge < -0.3 is 30.7 Å². The van der Waals surface area contributed by atoms with Gasteiger partial charge in [-0.25, -0.2) is 9.59 Å². The molecule has 0 aliphatic heterocycles. The maximum atomic E-state index is 12.8. The molecule has 4 N–H and O–H groups in total. The predicted octanol–water partition coefficient (Wildman–Crippen LogP) is 3.57. The molecule has 1 unspecified atom stereocenters. The van der Waals surface area contributed by atoms with Crippen LogP contribution in [0, 0.1) is 20.2 Å². The van der Waals surface area contributed by atoms with Crippen LogP contribution in [0.3, 0.4) is 0 Å². The SMILES string of the molecule is C=C(/C=C(\C=C/CNCCCCNC(=O)C(CCCCNC(=O)OC(C)(C)C)NC(=O)OC(C)(C)C)[N+](=O)[O-])[N+](=O)[O-]. The molecule has 15 nitrogen and oxygen atoms in total. The second kappa shape index (κ2) is 19.2. The Hall–Kier alpha value is -4.01. The van der Waals surface area contributed by atoms with Crippen LogP contribution in [-0.4, -0.2) is 71.4 Å². The van der Waals surface area contributed by atoms with E-state index in [-0.39, 0.29) is 5.91 Å². The smallest absolute Gasteiger partial charge is 0.408 e. The fourth-order valence-corrected chi connectivity index (χ4v) is 3.16. The second-order valence-corrected chi connectivity index (χ2v) is 11.3. The van der Waals surface area contributed by atoms with E-state index in [1.165, 1.54) is 6.08 Å². The second-order valence-electron chi connectivity index (χ2n) is 11.3. The molecule has 0 bridgehead atoms. The first-order valence-electron chi connectivity index (χ1n) is 13.7. The van der Waals surface area contributed by atoms with Crippen LogP contribution in [0.4, 0.5) is 9.59 Å². The Morgan fingerprint density at radius 2 is 1.38 bits per heavy atom. The van der Waals surface area contributed by atoms with Gasteiger partial charge in [0, 0.05) is 25.7 Å². The van der Waals surface area contributed by atoms with Crippen LogP contribution in [0.1, 0.15) is 73.6 Å². The standard InChI is InChI=1S/C27H46N6O9/c1-20(32(37)38)19-21(33(39)40)13-12-16-28-15-10-11-17-29-23(34)22(31-25(36)42-27(5,6)7)14-8-9-18-30-24(35)41-26(2,3)4/h12-13,19,22,28H,1,8-11,14-18H2,2-7H3,(H,29,34)(H,30,35)(H,31,36)/b13-12-,21-19+. The van der Waals surface area contributed by atoms with E-state index in [9.17, 15) is 34.6 Å². The molecule has 0 saturated carbocycles. The quantitative estimate of drug-likeness (QED) is 0.0781. The van der Waals surface area contributed by atoms with Gasteiger partial charge in [-0.05, 0) is 86.8 Å². The molecule has 0 spiro atoms. The maximum absolute atomic E-state index is 12.8. The van der Waals surface area contributed by atoms with E-state index in [4.69, 9.17) is 9.47 Å². The molecule has 0 radical (unpaired) electrons. The highest BCUT2D eigenvalue weighted by molar-refractivity contribution is 5.85. The number of alkyl carbamates (subject to hydrolysis) is 2. The number of carbonyl (C=O) groups excluding carboxylic acids is 3. The molecule has 3 amide bonds. The number of amides is 3. The van der Waals surface area contributed by atoms with Crippen LogP contribution >= 0.6 is 0 Å². The minimum Gasteiger partial charge on any atom is -0.444 e. The molecule has 0 rings (SSSR count). The molecule has 0 heterocycles. The number of ether oxygens (including phenoxy) is 2. The van der Waals surface area contributed by atoms with Crippen LogP contribution in [-0.2, 0) is 14.3 Å². The lowest BCUT2D eigenvalue weighted by Gasteiger charge is -2.23. The zero-order valence-electron chi connectivity index (χ0n) is 25.4. The fraction of sp³-hybridized carbons (Fsp3) is 0.667. The zero-order valence-corrected chi connectivity index (χ0v) is 25.4. The Morgan fingerprint density at radius 1 is 0.833 bits per heavy atom. The van der Waals surface area contributed by atoms with Crippen LogP contribution in [0.15, 0.2) is 36.2 Å². The number of allylic oxidation sites excluding steroid dienone is 2. The third kappa shape index (κ3) is 20.8. The van der Waals surface area contributed by atoms with Crippen molar-refractivity contribution in [2.24, 2.45) is 0 Å². The summed E-state index contributed by atoms with van der Waals surface area (Å²) in [4.78, 5) is 56.9. The molecule has 0 aromatic carbocycles. The highest BCUT2D eigenvalue weighted by atomic mass is 16.6. The van der Waals surface area contributed by atoms with Crippen molar-refractivity contribution in [2.45, 2.75) is 90.9 Å². The van der Waals surface area contributed by atoms with Crippen molar-refractivity contribution < 1.29 is 33.7 Å². The molecular weight excluding hydrogens is 552 g/mol. The number of nitro groups is 2. The lowest BCUT2D eigenvalue weighted by molar-refractivity contribution is -0.430. The Morgan fingerprint density at radius 3 is 1.95 bits per heavy atom. The number of carbonyl (C=O) groups is 3. The predicted molar refractivity (Wildman–Crippen MR) is 157 cm³/mol. The summed E-state index contributed by atoms with van der Waals surface area (Å²) in [6.07, 6.45) is 4.96. The Kier molecular flexibility index (Phi) is 17.3. The Labute approximate surface area is 246 Å². The monoisotopic (exact) mass is 598 g/mol. The maximum Gasteiger partial charge on any atom is 0.408 e. The molecule has 0 aliphatic carbocycles. The summed E-state index contributed by atoms with van der Waals surface area (Å²) in [6, 6.07) is -0.820. The van der Waals surface area contributed by atoms with Crippen molar-refractivity contribution in [1.29, 1.82) is 0 Å². The molecule has 238 valence electrons. The van der Waals surface area contributed by atoms with Crippen LogP contribution in [0.25, 0.3) is 0 Å². The van der Waals surface area contributed by atoms with Gasteiger partial charge in [0.2, 0.25) is 5.91 Å². The van der Waals surface area contributed by atoms with Crippen molar-refractivity contribution in [2.75, 3.05) is 26.2 Å². The van der Waals surface area contributed by atoms with Crippen molar-refractivity contribution >= 4 is 18.1 Å². The van der Waals surface area contributed by atoms with Gasteiger partial charge in [-0.1, -0.05) is 6.08 Å². The third-order valence-electron chi connectivity index (χ3n) is 4.99. The van der Waals surface area contributed by atoms with E-state index in [0.717, 1.165) is 12.2 Å². The molecule has 15 heteroatoms. The third-order valence-corrected chi connectivity index (χ3v) is 4.99. The summed E-state index contributed by atoms with van der Waals surface area (Å²) >= 11 is 0. The molecule has 1 atom stereocenters. The number of unbranched alkanes of at least 4 members (excludes halogenated alkanes) is 2. The highest BCUT2D eigenvalue weighted by Gasteiger charge is 2.24. The first kappa shape index (κ1) is 38.0. The number of hydrogen-bond acceptors (Lipinski definition) is 10. The van der Waals surface area contributed by atoms with E-state index in [1.54, 1.807) is 41.5 Å². The summed E-state index contributed by atoms with van der Waals surface area (Å²) in [5.74, 6) is -0.354. The lowest BCUT2D eigenvalue weighted by atomic mass is 10.1. The summed E-state index contributed by atoms with van der Waals surface area (Å²) in [5.41, 5.74) is -2.36. The molecule has 0 fully saturated rings. The average molecular weight is 599 g/mol. The number of nitrogens with zero attached hydrogens (tertiary/aromatic N) is 2. The molecule has 0 aromatic rings. The van der Waals surface area contributed by atoms with Crippen molar-refractivity contribution in [3.05, 3.63) is 56.4 Å². The zero-order chi connectivity index (χ0) is 32.3. The van der Waals surface area contributed by atoms with Gasteiger partial charge in [0.25, 0.3) is 11.4 Å². The van der Waals surface area contributed by atoms with Crippen LogP contribution in [0.5, 0.6) is 0 Å². The average Bonchev–Trinajstić information content (AvgIpc) is 2.83.